The van der Waals surface area contributed by atoms with Gasteiger partial charge in [0.15, 0.2) is 5.96 Å². The lowest BCUT2D eigenvalue weighted by atomic mass is 9.96. The fourth-order valence-corrected chi connectivity index (χ4v) is 3.54. The third kappa shape index (κ3) is 11.6. The highest BCUT2D eigenvalue weighted by Crippen LogP contribution is 2.13. The van der Waals surface area contributed by atoms with Gasteiger partial charge in [-0.3, -0.25) is 19.4 Å². The number of nitrogens with one attached hydrogen (secondary N) is 3. The summed E-state index contributed by atoms with van der Waals surface area (Å²) in [6.07, 6.45) is -0.357. The summed E-state index contributed by atoms with van der Waals surface area (Å²) in [5.74, 6) is -3.96. The van der Waals surface area contributed by atoms with Gasteiger partial charge in [0.25, 0.3) is 0 Å². The van der Waals surface area contributed by atoms with Gasteiger partial charge in [-0.2, -0.15) is 0 Å². The number of carboxylic acids is 1. The number of nitrogens with two attached hydrogens (primary N) is 3. The van der Waals surface area contributed by atoms with E-state index in [9.17, 15) is 34.5 Å². The van der Waals surface area contributed by atoms with Crippen molar-refractivity contribution in [2.24, 2.45) is 28.1 Å². The molecule has 39 heavy (non-hydrogen) atoms. The predicted molar refractivity (Wildman–Crippen MR) is 144 cm³/mol. The maximum atomic E-state index is 13.2. The van der Waals surface area contributed by atoms with E-state index in [0.717, 1.165) is 0 Å². The Kier molecular flexibility index (Phi) is 13.7. The second kappa shape index (κ2) is 16.1. The molecule has 0 heterocycles. The average Bonchev–Trinajstić information content (AvgIpc) is 2.88. The van der Waals surface area contributed by atoms with Gasteiger partial charge in [-0.25, -0.2) is 4.79 Å². The highest BCUT2D eigenvalue weighted by molar-refractivity contribution is 5.94. The lowest BCUT2D eigenvalue weighted by Crippen LogP contribution is -2.59. The SMILES string of the molecule is CCC(C)C(NC(=O)C(CCCN=C(N)N)NC(=O)C(N)C(C)O)C(=O)NC(Cc1ccc(O)cc1)C(=O)O. The summed E-state index contributed by atoms with van der Waals surface area (Å²) in [7, 11) is 0. The predicted octanol–water partition coefficient (Wildman–Crippen LogP) is -1.72. The Bertz CT molecular complexity index is 997. The minimum Gasteiger partial charge on any atom is -0.508 e. The molecule has 0 aliphatic heterocycles. The van der Waals surface area contributed by atoms with Crippen molar-refractivity contribution >= 4 is 29.7 Å². The molecule has 12 N–H and O–H groups in total. The quantitative estimate of drug-likeness (QED) is 0.0638. The van der Waals surface area contributed by atoms with Crippen LogP contribution in [0.25, 0.3) is 0 Å². The molecule has 6 atom stereocenters. The molecule has 6 unspecified atom stereocenters. The van der Waals surface area contributed by atoms with Crippen LogP contribution in [0, 0.1) is 5.92 Å². The summed E-state index contributed by atoms with van der Waals surface area (Å²) in [6, 6.07) is 1.05. The molecule has 14 nitrogen and oxygen atoms in total. The van der Waals surface area contributed by atoms with Crippen molar-refractivity contribution in [1.82, 2.24) is 16.0 Å². The summed E-state index contributed by atoms with van der Waals surface area (Å²) >= 11 is 0. The number of benzene rings is 1. The number of hydrogen-bond donors (Lipinski definition) is 9. The van der Waals surface area contributed by atoms with Crippen LogP contribution in [0.4, 0.5) is 0 Å². The number of aliphatic hydroxyl groups is 1. The van der Waals surface area contributed by atoms with E-state index >= 15 is 0 Å². The van der Waals surface area contributed by atoms with Gasteiger partial charge >= 0.3 is 5.97 Å². The molecule has 0 fully saturated rings. The first-order chi connectivity index (χ1) is 18.3. The number of aliphatic hydroxyl groups excluding tert-OH is 1. The summed E-state index contributed by atoms with van der Waals surface area (Å²) < 4.78 is 0. The average molecular weight is 552 g/mol. The monoisotopic (exact) mass is 551 g/mol. The molecule has 0 aliphatic rings. The molecular weight excluding hydrogens is 510 g/mol. The Morgan fingerprint density at radius 2 is 1.54 bits per heavy atom. The van der Waals surface area contributed by atoms with E-state index in [2.05, 4.69) is 20.9 Å². The molecule has 0 aliphatic carbocycles. The van der Waals surface area contributed by atoms with Gasteiger partial charge in [-0.1, -0.05) is 32.4 Å². The zero-order chi connectivity index (χ0) is 29.7. The molecule has 0 bridgehead atoms. The van der Waals surface area contributed by atoms with E-state index in [4.69, 9.17) is 17.2 Å². The van der Waals surface area contributed by atoms with Crippen LogP contribution in [0.15, 0.2) is 29.3 Å². The second-order valence-electron chi connectivity index (χ2n) is 9.42. The van der Waals surface area contributed by atoms with Crippen LogP contribution in [0.2, 0.25) is 0 Å². The number of carbonyl (C=O) groups is 4. The first-order valence-electron chi connectivity index (χ1n) is 12.7. The number of aliphatic imine (C=N–C) groups is 1. The van der Waals surface area contributed by atoms with Gasteiger partial charge in [0.05, 0.1) is 6.10 Å². The number of phenols is 1. The van der Waals surface area contributed by atoms with Crippen molar-refractivity contribution in [3.05, 3.63) is 29.8 Å². The molecule has 1 aromatic carbocycles. The Labute approximate surface area is 227 Å². The van der Waals surface area contributed by atoms with Crippen LogP contribution in [0.1, 0.15) is 45.6 Å². The zero-order valence-electron chi connectivity index (χ0n) is 22.5. The van der Waals surface area contributed by atoms with E-state index in [-0.39, 0.29) is 31.1 Å². The summed E-state index contributed by atoms with van der Waals surface area (Å²) in [4.78, 5) is 54.6. The van der Waals surface area contributed by atoms with Gasteiger partial charge < -0.3 is 48.5 Å². The molecule has 0 saturated carbocycles. The van der Waals surface area contributed by atoms with Crippen molar-refractivity contribution in [3.63, 3.8) is 0 Å². The number of nitrogens with zero attached hydrogens (tertiary/aromatic N) is 1. The van der Waals surface area contributed by atoms with Crippen molar-refractivity contribution < 1.29 is 34.5 Å². The fourth-order valence-electron chi connectivity index (χ4n) is 3.54. The lowest BCUT2D eigenvalue weighted by molar-refractivity contribution is -0.142. The van der Waals surface area contributed by atoms with Crippen molar-refractivity contribution in [3.8, 4) is 5.75 Å². The number of rotatable bonds is 16. The largest absolute Gasteiger partial charge is 0.508 e. The Hall–Kier alpha value is -3.91. The van der Waals surface area contributed by atoms with Gasteiger partial charge in [-0.15, -0.1) is 0 Å². The zero-order valence-corrected chi connectivity index (χ0v) is 22.5. The summed E-state index contributed by atoms with van der Waals surface area (Å²) in [5.41, 5.74) is 16.9. The molecule has 1 aromatic rings. The fraction of sp³-hybridized carbons (Fsp3) is 0.560. The number of hydrogen-bond acceptors (Lipinski definition) is 8. The number of guanidine groups is 1. The maximum Gasteiger partial charge on any atom is 0.326 e. The van der Waals surface area contributed by atoms with Gasteiger partial charge in [0.1, 0.15) is 29.9 Å². The number of phenolic OH excluding ortho intramolecular Hbond substituents is 1. The van der Waals surface area contributed by atoms with Gasteiger partial charge in [0, 0.05) is 13.0 Å². The van der Waals surface area contributed by atoms with Gasteiger partial charge in [0.2, 0.25) is 17.7 Å². The highest BCUT2D eigenvalue weighted by atomic mass is 16.4. The van der Waals surface area contributed by atoms with Crippen LogP contribution in [-0.4, -0.2) is 81.8 Å². The maximum absolute atomic E-state index is 13.2. The van der Waals surface area contributed by atoms with Crippen molar-refractivity contribution in [2.45, 2.75) is 76.7 Å². The van der Waals surface area contributed by atoms with Crippen LogP contribution in [0.3, 0.4) is 0 Å². The van der Waals surface area contributed by atoms with E-state index in [1.165, 1.54) is 19.1 Å². The minimum absolute atomic E-state index is 0.0172. The Morgan fingerprint density at radius 3 is 2.05 bits per heavy atom. The molecule has 0 radical (unpaired) electrons. The molecule has 14 heteroatoms. The summed E-state index contributed by atoms with van der Waals surface area (Å²) in [5, 5.41) is 36.4. The number of aliphatic carboxylic acids is 1. The van der Waals surface area contributed by atoms with Crippen LogP contribution < -0.4 is 33.2 Å². The Balaban J connectivity index is 3.08. The van der Waals surface area contributed by atoms with Gasteiger partial charge in [-0.05, 0) is 43.4 Å². The smallest absolute Gasteiger partial charge is 0.326 e. The van der Waals surface area contributed by atoms with Crippen LogP contribution >= 0.6 is 0 Å². The molecule has 0 aromatic heterocycles. The molecule has 3 amide bonds. The normalized spacial score (nSPS) is 15.5. The minimum atomic E-state index is -1.30. The van der Waals surface area contributed by atoms with Crippen LogP contribution in [0.5, 0.6) is 5.75 Å². The summed E-state index contributed by atoms with van der Waals surface area (Å²) in [6.45, 7) is 5.03. The lowest BCUT2D eigenvalue weighted by Gasteiger charge is -2.28. The molecule has 218 valence electrons. The van der Waals surface area contributed by atoms with E-state index in [0.29, 0.717) is 18.4 Å². The third-order valence-corrected chi connectivity index (χ3v) is 6.18. The highest BCUT2D eigenvalue weighted by Gasteiger charge is 2.33. The second-order valence-corrected chi connectivity index (χ2v) is 9.42. The molecular formula is C25H41N7O7. The molecule has 0 spiro atoms. The van der Waals surface area contributed by atoms with Crippen molar-refractivity contribution in [1.29, 1.82) is 0 Å². The topological polar surface area (TPSA) is 255 Å². The first kappa shape index (κ1) is 33.1. The molecule has 0 saturated heterocycles. The van der Waals surface area contributed by atoms with E-state index in [1.54, 1.807) is 26.0 Å². The number of aromatic hydroxyl groups is 1. The number of carbonyl (C=O) groups excluding carboxylic acids is 3. The molecule has 1 rings (SSSR count). The number of carboxylic acid groups (broad SMARTS) is 1. The first-order valence-corrected chi connectivity index (χ1v) is 12.7. The Morgan fingerprint density at radius 1 is 0.949 bits per heavy atom. The number of amides is 3. The van der Waals surface area contributed by atoms with E-state index in [1.807, 2.05) is 0 Å². The van der Waals surface area contributed by atoms with Crippen molar-refractivity contribution in [2.75, 3.05) is 6.54 Å². The van der Waals surface area contributed by atoms with Crippen LogP contribution in [-0.2, 0) is 25.6 Å². The standard InChI is InChI=1S/C25H41N7O7/c1-4-13(2)20(23(37)31-18(24(38)39)12-15-7-9-16(34)10-8-15)32-21(35)17(6-5-11-29-25(27)28)30-22(36)19(26)14(3)33/h7-10,13-14,17-20,33-34H,4-6,11-12,26H2,1-3H3,(H,30,36)(H,31,37)(H,32,35)(H,38,39)(H4,27,28,29). The van der Waals surface area contributed by atoms with E-state index < -0.39 is 59.9 Å². The third-order valence-electron chi connectivity index (χ3n) is 6.18.